The summed E-state index contributed by atoms with van der Waals surface area (Å²) < 4.78 is 11.9. The van der Waals surface area contributed by atoms with Crippen LogP contribution in [-0.4, -0.2) is 31.0 Å². The summed E-state index contributed by atoms with van der Waals surface area (Å²) in [6.45, 7) is 1.16. The molecule has 0 aliphatic carbocycles. The fourth-order valence-corrected chi connectivity index (χ4v) is 1.99. The largest absolute Gasteiger partial charge is 0.492 e. The SMILES string of the molecule is CN(CCOc1ccc(Br)cc1)C(=O)c1ccc(CN)o1. The van der Waals surface area contributed by atoms with Crippen molar-refractivity contribution >= 4 is 21.8 Å². The average molecular weight is 353 g/mol. The molecular weight excluding hydrogens is 336 g/mol. The summed E-state index contributed by atoms with van der Waals surface area (Å²) in [6.07, 6.45) is 0. The highest BCUT2D eigenvalue weighted by molar-refractivity contribution is 9.10. The number of furan rings is 1. The van der Waals surface area contributed by atoms with Crippen LogP contribution in [0.5, 0.6) is 5.75 Å². The summed E-state index contributed by atoms with van der Waals surface area (Å²) in [5, 5.41) is 0. The lowest BCUT2D eigenvalue weighted by molar-refractivity contribution is 0.0740. The molecular formula is C15H17BrN2O3. The van der Waals surface area contributed by atoms with Gasteiger partial charge in [-0.2, -0.15) is 0 Å². The number of likely N-dealkylation sites (N-methyl/N-ethyl adjacent to an activating group) is 1. The quantitative estimate of drug-likeness (QED) is 0.867. The lowest BCUT2D eigenvalue weighted by Gasteiger charge is -2.16. The van der Waals surface area contributed by atoms with Crippen molar-refractivity contribution < 1.29 is 13.9 Å². The topological polar surface area (TPSA) is 68.7 Å². The number of carbonyl (C=O) groups excluding carboxylic acids is 1. The third-order valence-corrected chi connectivity index (χ3v) is 3.46. The van der Waals surface area contributed by atoms with Gasteiger partial charge in [0.05, 0.1) is 13.1 Å². The van der Waals surface area contributed by atoms with E-state index in [0.29, 0.717) is 24.7 Å². The van der Waals surface area contributed by atoms with E-state index in [1.165, 1.54) is 0 Å². The summed E-state index contributed by atoms with van der Waals surface area (Å²) in [5.74, 6) is 1.47. The van der Waals surface area contributed by atoms with E-state index in [1.54, 1.807) is 24.1 Å². The molecule has 0 radical (unpaired) electrons. The first-order valence-electron chi connectivity index (χ1n) is 6.53. The number of benzene rings is 1. The van der Waals surface area contributed by atoms with E-state index < -0.39 is 0 Å². The Labute approximate surface area is 131 Å². The van der Waals surface area contributed by atoms with Crippen molar-refractivity contribution in [3.05, 3.63) is 52.4 Å². The number of halogens is 1. The molecule has 5 nitrogen and oxygen atoms in total. The van der Waals surface area contributed by atoms with E-state index in [4.69, 9.17) is 14.9 Å². The summed E-state index contributed by atoms with van der Waals surface area (Å²) in [4.78, 5) is 13.6. The Hall–Kier alpha value is -1.79. The van der Waals surface area contributed by atoms with Crippen LogP contribution in [0.4, 0.5) is 0 Å². The number of amides is 1. The lowest BCUT2D eigenvalue weighted by atomic mass is 10.3. The highest BCUT2D eigenvalue weighted by atomic mass is 79.9. The molecule has 1 heterocycles. The lowest BCUT2D eigenvalue weighted by Crippen LogP contribution is -2.30. The first-order valence-corrected chi connectivity index (χ1v) is 7.32. The molecule has 0 fully saturated rings. The van der Waals surface area contributed by atoms with Crippen molar-refractivity contribution in [2.24, 2.45) is 5.73 Å². The van der Waals surface area contributed by atoms with Crippen molar-refractivity contribution in [1.82, 2.24) is 4.90 Å². The van der Waals surface area contributed by atoms with Gasteiger partial charge >= 0.3 is 0 Å². The molecule has 6 heteroatoms. The van der Waals surface area contributed by atoms with Crippen LogP contribution in [-0.2, 0) is 6.54 Å². The van der Waals surface area contributed by atoms with Gasteiger partial charge in [0.15, 0.2) is 5.76 Å². The zero-order valence-electron chi connectivity index (χ0n) is 11.7. The van der Waals surface area contributed by atoms with Crippen molar-refractivity contribution in [2.45, 2.75) is 6.54 Å². The number of rotatable bonds is 6. The Morgan fingerprint density at radius 3 is 2.62 bits per heavy atom. The van der Waals surface area contributed by atoms with Crippen LogP contribution in [0, 0.1) is 0 Å². The van der Waals surface area contributed by atoms with E-state index in [2.05, 4.69) is 15.9 Å². The zero-order chi connectivity index (χ0) is 15.2. The smallest absolute Gasteiger partial charge is 0.289 e. The van der Waals surface area contributed by atoms with Gasteiger partial charge in [0.1, 0.15) is 18.1 Å². The fourth-order valence-electron chi connectivity index (χ4n) is 1.72. The Kier molecular flexibility index (Phi) is 5.41. The molecule has 2 aromatic rings. The fraction of sp³-hybridized carbons (Fsp3) is 0.267. The minimum Gasteiger partial charge on any atom is -0.492 e. The molecule has 0 unspecified atom stereocenters. The van der Waals surface area contributed by atoms with Gasteiger partial charge in [0, 0.05) is 11.5 Å². The molecule has 0 aliphatic rings. The van der Waals surface area contributed by atoms with Gasteiger partial charge in [-0.1, -0.05) is 15.9 Å². The molecule has 2 N–H and O–H groups in total. The molecule has 0 bridgehead atoms. The molecule has 0 aliphatic heterocycles. The molecule has 0 saturated heterocycles. The van der Waals surface area contributed by atoms with Gasteiger partial charge in [-0.15, -0.1) is 0 Å². The molecule has 0 saturated carbocycles. The zero-order valence-corrected chi connectivity index (χ0v) is 13.3. The molecule has 112 valence electrons. The molecule has 1 amide bonds. The van der Waals surface area contributed by atoms with Gasteiger partial charge < -0.3 is 19.8 Å². The molecule has 2 rings (SSSR count). The average Bonchev–Trinajstić information content (AvgIpc) is 2.97. The Balaban J connectivity index is 1.82. The van der Waals surface area contributed by atoms with Crippen molar-refractivity contribution in [2.75, 3.05) is 20.2 Å². The third kappa shape index (κ3) is 4.34. The molecule has 21 heavy (non-hydrogen) atoms. The highest BCUT2D eigenvalue weighted by Crippen LogP contribution is 2.16. The predicted octanol–water partition coefficient (Wildman–Crippen LogP) is 2.65. The van der Waals surface area contributed by atoms with Crippen LogP contribution >= 0.6 is 15.9 Å². The van der Waals surface area contributed by atoms with Gasteiger partial charge in [-0.3, -0.25) is 4.79 Å². The summed E-state index contributed by atoms with van der Waals surface area (Å²) >= 11 is 3.36. The van der Waals surface area contributed by atoms with Crippen LogP contribution < -0.4 is 10.5 Å². The van der Waals surface area contributed by atoms with E-state index in [1.807, 2.05) is 24.3 Å². The monoisotopic (exact) mass is 352 g/mol. The van der Waals surface area contributed by atoms with E-state index in [9.17, 15) is 4.79 Å². The minimum absolute atomic E-state index is 0.186. The summed E-state index contributed by atoms with van der Waals surface area (Å²) in [7, 11) is 1.71. The second-order valence-corrected chi connectivity index (χ2v) is 5.41. The molecule has 1 aromatic heterocycles. The molecule has 0 spiro atoms. The summed E-state index contributed by atoms with van der Waals surface area (Å²) in [6, 6.07) is 10.9. The van der Waals surface area contributed by atoms with Gasteiger partial charge in [0.2, 0.25) is 0 Å². The van der Waals surface area contributed by atoms with Gasteiger partial charge in [-0.25, -0.2) is 0 Å². The highest BCUT2D eigenvalue weighted by Gasteiger charge is 2.15. The van der Waals surface area contributed by atoms with Gasteiger partial charge in [0.25, 0.3) is 5.91 Å². The van der Waals surface area contributed by atoms with Crippen molar-refractivity contribution in [3.8, 4) is 5.75 Å². The second kappa shape index (κ2) is 7.28. The number of hydrogen-bond acceptors (Lipinski definition) is 4. The Morgan fingerprint density at radius 2 is 2.00 bits per heavy atom. The maximum atomic E-state index is 12.1. The van der Waals surface area contributed by atoms with E-state index >= 15 is 0 Å². The first-order chi connectivity index (χ1) is 10.1. The second-order valence-electron chi connectivity index (χ2n) is 4.50. The predicted molar refractivity (Wildman–Crippen MR) is 83.2 cm³/mol. The maximum Gasteiger partial charge on any atom is 0.289 e. The van der Waals surface area contributed by atoms with Crippen molar-refractivity contribution in [1.29, 1.82) is 0 Å². The number of nitrogens with two attached hydrogens (primary N) is 1. The molecule has 0 atom stereocenters. The van der Waals surface area contributed by atoms with E-state index in [0.717, 1.165) is 10.2 Å². The Bertz CT molecular complexity index is 595. The van der Waals surface area contributed by atoms with Crippen LogP contribution in [0.2, 0.25) is 0 Å². The Morgan fingerprint density at radius 1 is 1.29 bits per heavy atom. The number of carbonyl (C=O) groups is 1. The van der Waals surface area contributed by atoms with Crippen LogP contribution in [0.15, 0.2) is 45.3 Å². The first kappa shape index (κ1) is 15.6. The van der Waals surface area contributed by atoms with E-state index in [-0.39, 0.29) is 12.5 Å². The normalized spacial score (nSPS) is 10.4. The molecule has 1 aromatic carbocycles. The van der Waals surface area contributed by atoms with Crippen molar-refractivity contribution in [3.63, 3.8) is 0 Å². The van der Waals surface area contributed by atoms with Crippen LogP contribution in [0.3, 0.4) is 0 Å². The minimum atomic E-state index is -0.186. The van der Waals surface area contributed by atoms with Crippen LogP contribution in [0.1, 0.15) is 16.3 Å². The third-order valence-electron chi connectivity index (χ3n) is 2.93. The number of nitrogens with zero attached hydrogens (tertiary/aromatic N) is 1. The maximum absolute atomic E-state index is 12.1. The van der Waals surface area contributed by atoms with Gasteiger partial charge in [-0.05, 0) is 36.4 Å². The van der Waals surface area contributed by atoms with Crippen LogP contribution in [0.25, 0.3) is 0 Å². The standard InChI is InChI=1S/C15H17BrN2O3/c1-18(15(19)14-7-6-13(10-17)21-14)8-9-20-12-4-2-11(16)3-5-12/h2-7H,8-10,17H2,1H3. The number of ether oxygens (including phenoxy) is 1. The summed E-state index contributed by atoms with van der Waals surface area (Å²) in [5.41, 5.74) is 5.45. The number of hydrogen-bond donors (Lipinski definition) is 1.